The van der Waals surface area contributed by atoms with Crippen LogP contribution in [0.4, 0.5) is 0 Å². The second-order valence-corrected chi connectivity index (χ2v) is 5.48. The van der Waals surface area contributed by atoms with Gasteiger partial charge in [-0.05, 0) is 36.2 Å². The molecule has 0 bridgehead atoms. The van der Waals surface area contributed by atoms with Gasteiger partial charge >= 0.3 is 0 Å². The Morgan fingerprint density at radius 1 is 1.26 bits per heavy atom. The van der Waals surface area contributed by atoms with Crippen LogP contribution in [0.3, 0.4) is 0 Å². The van der Waals surface area contributed by atoms with Crippen LogP contribution in [0, 0.1) is 5.92 Å². The summed E-state index contributed by atoms with van der Waals surface area (Å²) in [6.45, 7) is 4.21. The van der Waals surface area contributed by atoms with E-state index in [2.05, 4.69) is 10.3 Å². The Morgan fingerprint density at radius 3 is 2.70 bits per heavy atom. The zero-order chi connectivity index (χ0) is 16.7. The molecular weight excluding hydrogens is 292 g/mol. The average molecular weight is 314 g/mol. The third-order valence-electron chi connectivity index (χ3n) is 3.75. The smallest absolute Gasteiger partial charge is 0.251 e. The summed E-state index contributed by atoms with van der Waals surface area (Å²) in [6, 6.07) is 10.4. The van der Waals surface area contributed by atoms with Crippen molar-refractivity contribution in [2.45, 2.75) is 26.4 Å². The van der Waals surface area contributed by atoms with Crippen LogP contribution in [0.2, 0.25) is 0 Å². The van der Waals surface area contributed by atoms with Crippen molar-refractivity contribution in [3.8, 4) is 11.5 Å². The Bertz CT molecular complexity index is 631. The molecule has 1 amide bonds. The molecule has 2 unspecified atom stereocenters. The summed E-state index contributed by atoms with van der Waals surface area (Å²) in [5, 5.41) is 12.7. The molecule has 5 heteroatoms. The summed E-state index contributed by atoms with van der Waals surface area (Å²) in [7, 11) is 0. The van der Waals surface area contributed by atoms with E-state index in [0.717, 1.165) is 6.42 Å². The third-order valence-corrected chi connectivity index (χ3v) is 3.75. The van der Waals surface area contributed by atoms with Gasteiger partial charge in [0.15, 0.2) is 0 Å². The highest BCUT2D eigenvalue weighted by Gasteiger charge is 2.14. The lowest BCUT2D eigenvalue weighted by Gasteiger charge is -2.17. The van der Waals surface area contributed by atoms with E-state index in [-0.39, 0.29) is 18.4 Å². The molecule has 1 aromatic carbocycles. The molecule has 2 rings (SSSR count). The van der Waals surface area contributed by atoms with Gasteiger partial charge in [-0.3, -0.25) is 9.78 Å². The molecule has 0 aliphatic carbocycles. The fourth-order valence-corrected chi connectivity index (χ4v) is 2.02. The van der Waals surface area contributed by atoms with Gasteiger partial charge in [-0.2, -0.15) is 0 Å². The van der Waals surface area contributed by atoms with Crippen LogP contribution in [0.1, 0.15) is 30.6 Å². The molecule has 1 heterocycles. The molecule has 0 radical (unpaired) electrons. The number of aliphatic hydroxyl groups is 1. The number of carbonyl (C=O) groups excluding carboxylic acids is 1. The molecule has 0 spiro atoms. The SMILES string of the molecule is CCC(C)C(O)CNC(=O)c1cccc(Oc2ccncc2)c1. The number of nitrogens with zero attached hydrogens (tertiary/aromatic N) is 1. The first-order valence-electron chi connectivity index (χ1n) is 7.74. The van der Waals surface area contributed by atoms with Gasteiger partial charge in [0.1, 0.15) is 11.5 Å². The molecule has 5 nitrogen and oxygen atoms in total. The molecule has 1 aromatic heterocycles. The molecular formula is C18H22N2O3. The molecule has 0 aliphatic heterocycles. The minimum absolute atomic E-state index is 0.150. The highest BCUT2D eigenvalue weighted by atomic mass is 16.5. The van der Waals surface area contributed by atoms with Gasteiger partial charge < -0.3 is 15.2 Å². The van der Waals surface area contributed by atoms with Crippen LogP contribution in [0.15, 0.2) is 48.8 Å². The number of hydrogen-bond donors (Lipinski definition) is 2. The Morgan fingerprint density at radius 2 is 2.00 bits per heavy atom. The molecule has 0 saturated heterocycles. The van der Waals surface area contributed by atoms with Crippen molar-refractivity contribution in [1.29, 1.82) is 0 Å². The lowest BCUT2D eigenvalue weighted by atomic mass is 10.0. The number of benzene rings is 1. The summed E-state index contributed by atoms with van der Waals surface area (Å²) in [5.41, 5.74) is 0.493. The van der Waals surface area contributed by atoms with Gasteiger partial charge in [-0.15, -0.1) is 0 Å². The van der Waals surface area contributed by atoms with E-state index < -0.39 is 6.10 Å². The van der Waals surface area contributed by atoms with Crippen molar-refractivity contribution in [2.75, 3.05) is 6.54 Å². The number of rotatable bonds is 7. The van der Waals surface area contributed by atoms with Gasteiger partial charge in [0, 0.05) is 24.5 Å². The molecule has 2 atom stereocenters. The summed E-state index contributed by atoms with van der Waals surface area (Å²) in [5.74, 6) is 1.15. The molecule has 2 aromatic rings. The fraction of sp³-hybridized carbons (Fsp3) is 0.333. The summed E-state index contributed by atoms with van der Waals surface area (Å²) in [4.78, 5) is 16.1. The second-order valence-electron chi connectivity index (χ2n) is 5.48. The number of nitrogens with one attached hydrogen (secondary N) is 1. The zero-order valence-electron chi connectivity index (χ0n) is 13.4. The van der Waals surface area contributed by atoms with Crippen LogP contribution in [0.5, 0.6) is 11.5 Å². The summed E-state index contributed by atoms with van der Waals surface area (Å²) in [6.07, 6.45) is 3.61. The normalized spacial score (nSPS) is 13.2. The maximum absolute atomic E-state index is 12.2. The van der Waals surface area contributed by atoms with Gasteiger partial charge in [0.05, 0.1) is 6.10 Å². The Kier molecular flexibility index (Phi) is 6.11. The van der Waals surface area contributed by atoms with Crippen LogP contribution >= 0.6 is 0 Å². The lowest BCUT2D eigenvalue weighted by molar-refractivity contribution is 0.0850. The monoisotopic (exact) mass is 314 g/mol. The van der Waals surface area contributed by atoms with Crippen molar-refractivity contribution in [1.82, 2.24) is 10.3 Å². The van der Waals surface area contributed by atoms with Crippen LogP contribution in [0.25, 0.3) is 0 Å². The minimum atomic E-state index is -0.541. The van der Waals surface area contributed by atoms with Crippen molar-refractivity contribution in [3.05, 3.63) is 54.4 Å². The Labute approximate surface area is 136 Å². The number of hydrogen-bond acceptors (Lipinski definition) is 4. The third kappa shape index (κ3) is 5.07. The predicted molar refractivity (Wildman–Crippen MR) is 88.5 cm³/mol. The van der Waals surface area contributed by atoms with Crippen molar-refractivity contribution >= 4 is 5.91 Å². The van der Waals surface area contributed by atoms with E-state index in [1.165, 1.54) is 0 Å². The highest BCUT2D eigenvalue weighted by molar-refractivity contribution is 5.94. The van der Waals surface area contributed by atoms with Crippen molar-refractivity contribution < 1.29 is 14.6 Å². The van der Waals surface area contributed by atoms with E-state index in [4.69, 9.17) is 4.74 Å². The Balaban J connectivity index is 1.97. The van der Waals surface area contributed by atoms with E-state index in [1.54, 1.807) is 48.8 Å². The van der Waals surface area contributed by atoms with Crippen LogP contribution < -0.4 is 10.1 Å². The molecule has 0 aliphatic rings. The van der Waals surface area contributed by atoms with E-state index in [0.29, 0.717) is 17.1 Å². The minimum Gasteiger partial charge on any atom is -0.457 e. The van der Waals surface area contributed by atoms with Crippen LogP contribution in [-0.2, 0) is 0 Å². The maximum atomic E-state index is 12.2. The van der Waals surface area contributed by atoms with Gasteiger partial charge in [0.2, 0.25) is 0 Å². The summed E-state index contributed by atoms with van der Waals surface area (Å²) >= 11 is 0. The maximum Gasteiger partial charge on any atom is 0.251 e. The standard InChI is InChI=1S/C18H22N2O3/c1-3-13(2)17(21)12-20-18(22)14-5-4-6-16(11-14)23-15-7-9-19-10-8-15/h4-11,13,17,21H,3,12H2,1-2H3,(H,20,22). The van der Waals surface area contributed by atoms with Crippen molar-refractivity contribution in [3.63, 3.8) is 0 Å². The molecule has 122 valence electrons. The average Bonchev–Trinajstić information content (AvgIpc) is 2.59. The number of ether oxygens (including phenoxy) is 1. The number of carbonyl (C=O) groups is 1. The molecule has 2 N–H and O–H groups in total. The topological polar surface area (TPSA) is 71.5 Å². The number of aliphatic hydroxyl groups excluding tert-OH is 1. The molecule has 0 saturated carbocycles. The molecule has 23 heavy (non-hydrogen) atoms. The molecule has 0 fully saturated rings. The van der Waals surface area contributed by atoms with Crippen LogP contribution in [-0.4, -0.2) is 28.6 Å². The number of pyridine rings is 1. The van der Waals surface area contributed by atoms with Gasteiger partial charge in [-0.25, -0.2) is 0 Å². The second kappa shape index (κ2) is 8.29. The summed E-state index contributed by atoms with van der Waals surface area (Å²) < 4.78 is 5.68. The quantitative estimate of drug-likeness (QED) is 0.824. The first-order valence-corrected chi connectivity index (χ1v) is 7.74. The lowest BCUT2D eigenvalue weighted by Crippen LogP contribution is -2.35. The number of aromatic nitrogens is 1. The van der Waals surface area contributed by atoms with E-state index in [1.807, 2.05) is 13.8 Å². The first kappa shape index (κ1) is 17.0. The predicted octanol–water partition coefficient (Wildman–Crippen LogP) is 3.01. The van der Waals surface area contributed by atoms with E-state index >= 15 is 0 Å². The fourth-order valence-electron chi connectivity index (χ4n) is 2.02. The van der Waals surface area contributed by atoms with E-state index in [9.17, 15) is 9.90 Å². The van der Waals surface area contributed by atoms with Gasteiger partial charge in [0.25, 0.3) is 5.91 Å². The highest BCUT2D eigenvalue weighted by Crippen LogP contribution is 2.21. The largest absolute Gasteiger partial charge is 0.457 e. The van der Waals surface area contributed by atoms with Crippen molar-refractivity contribution in [2.24, 2.45) is 5.92 Å². The number of amides is 1. The zero-order valence-corrected chi connectivity index (χ0v) is 13.4. The van der Waals surface area contributed by atoms with Gasteiger partial charge in [-0.1, -0.05) is 26.3 Å². The first-order chi connectivity index (χ1) is 11.1. The Hall–Kier alpha value is -2.40.